The van der Waals surface area contributed by atoms with Crippen LogP contribution >= 0.6 is 0 Å². The summed E-state index contributed by atoms with van der Waals surface area (Å²) in [4.78, 5) is 5.53. The minimum Gasteiger partial charge on any atom is -0.362 e. The third kappa shape index (κ3) is 4.28. The highest BCUT2D eigenvalue weighted by molar-refractivity contribution is 6.10. The number of hydrogen-bond acceptors (Lipinski definition) is 6. The Labute approximate surface area is 147 Å². The summed E-state index contributed by atoms with van der Waals surface area (Å²) >= 11 is 0. The van der Waals surface area contributed by atoms with Crippen molar-refractivity contribution in [2.24, 2.45) is 5.10 Å². The minimum absolute atomic E-state index is 0.290. The van der Waals surface area contributed by atoms with Crippen LogP contribution in [0.2, 0.25) is 0 Å². The molecule has 0 atom stereocenters. The van der Waals surface area contributed by atoms with E-state index in [0.29, 0.717) is 22.6 Å². The van der Waals surface area contributed by atoms with Gasteiger partial charge in [-0.15, -0.1) is 0 Å². The first-order valence-corrected chi connectivity index (χ1v) is 7.25. The summed E-state index contributed by atoms with van der Waals surface area (Å²) in [7, 11) is 3.36. The van der Waals surface area contributed by atoms with Gasteiger partial charge in [0.2, 0.25) is 5.71 Å². The van der Waals surface area contributed by atoms with E-state index in [1.807, 2.05) is 0 Å². The molecule has 26 heavy (non-hydrogen) atoms. The molecule has 0 aliphatic heterocycles. The normalized spacial score (nSPS) is 10.4. The molecule has 0 unspecified atom stereocenters. The second-order valence-corrected chi connectivity index (χ2v) is 5.36. The van der Waals surface area contributed by atoms with Gasteiger partial charge in [-0.2, -0.15) is 28.8 Å². The van der Waals surface area contributed by atoms with Crippen LogP contribution in [0.25, 0.3) is 11.1 Å². The van der Waals surface area contributed by atoms with Crippen LogP contribution in [0.3, 0.4) is 0 Å². The van der Waals surface area contributed by atoms with Gasteiger partial charge in [-0.05, 0) is 23.8 Å². The summed E-state index contributed by atoms with van der Waals surface area (Å²) in [6, 6.07) is 10.6. The molecule has 1 N–H and O–H groups in total. The SMILES string of the molecule is CN(C)c1ncc(C(F)(F)F)cc1-c1cccc(NN=C(C#N)C#N)c1. The number of rotatable bonds is 4. The number of aromatic nitrogens is 1. The first-order valence-electron chi connectivity index (χ1n) is 7.25. The molecule has 0 aliphatic carbocycles. The monoisotopic (exact) mass is 358 g/mol. The van der Waals surface area contributed by atoms with Crippen molar-refractivity contribution >= 4 is 17.2 Å². The summed E-state index contributed by atoms with van der Waals surface area (Å²) in [5.74, 6) is 0.369. The van der Waals surface area contributed by atoms with E-state index < -0.39 is 11.7 Å². The second kappa shape index (κ2) is 7.53. The molecule has 6 nitrogen and oxygen atoms in total. The second-order valence-electron chi connectivity index (χ2n) is 5.36. The van der Waals surface area contributed by atoms with Crippen LogP contribution in [0.5, 0.6) is 0 Å². The molecule has 1 aromatic carbocycles. The number of nitriles is 2. The van der Waals surface area contributed by atoms with Crippen LogP contribution in [0.15, 0.2) is 41.6 Å². The maximum atomic E-state index is 13.0. The number of alkyl halides is 3. The van der Waals surface area contributed by atoms with Crippen molar-refractivity contribution in [2.75, 3.05) is 24.4 Å². The molecule has 0 aliphatic rings. The van der Waals surface area contributed by atoms with Gasteiger partial charge >= 0.3 is 6.18 Å². The number of hydrogen-bond donors (Lipinski definition) is 1. The van der Waals surface area contributed by atoms with Gasteiger partial charge in [0.1, 0.15) is 18.0 Å². The molecule has 2 rings (SSSR count). The highest BCUT2D eigenvalue weighted by atomic mass is 19.4. The van der Waals surface area contributed by atoms with E-state index in [1.165, 1.54) is 0 Å². The molecular formula is C17H13F3N6. The van der Waals surface area contributed by atoms with Crippen molar-refractivity contribution in [2.45, 2.75) is 6.18 Å². The van der Waals surface area contributed by atoms with E-state index in [1.54, 1.807) is 55.4 Å². The Kier molecular flexibility index (Phi) is 5.43. The summed E-state index contributed by atoms with van der Waals surface area (Å²) in [6.45, 7) is 0. The number of anilines is 2. The van der Waals surface area contributed by atoms with E-state index in [2.05, 4.69) is 15.5 Å². The van der Waals surface area contributed by atoms with Crippen molar-refractivity contribution in [3.63, 3.8) is 0 Å². The summed E-state index contributed by atoms with van der Waals surface area (Å²) in [5.41, 5.74) is 2.49. The number of nitrogens with one attached hydrogen (secondary N) is 1. The quantitative estimate of drug-likeness (QED) is 0.666. The third-order valence-corrected chi connectivity index (χ3v) is 3.30. The summed E-state index contributed by atoms with van der Waals surface area (Å²) < 4.78 is 39.1. The highest BCUT2D eigenvalue weighted by Crippen LogP contribution is 2.36. The molecule has 0 saturated carbocycles. The maximum Gasteiger partial charge on any atom is 0.417 e. The summed E-state index contributed by atoms with van der Waals surface area (Å²) in [6.07, 6.45) is -3.72. The van der Waals surface area contributed by atoms with Crippen LogP contribution in [0.1, 0.15) is 5.56 Å². The fourth-order valence-electron chi connectivity index (χ4n) is 2.13. The van der Waals surface area contributed by atoms with E-state index in [4.69, 9.17) is 10.5 Å². The van der Waals surface area contributed by atoms with Crippen molar-refractivity contribution in [3.05, 3.63) is 42.1 Å². The molecule has 1 heterocycles. The Morgan fingerprint density at radius 3 is 2.46 bits per heavy atom. The minimum atomic E-state index is -4.51. The predicted molar refractivity (Wildman–Crippen MR) is 91.3 cm³/mol. The van der Waals surface area contributed by atoms with E-state index in [-0.39, 0.29) is 5.71 Å². The molecular weight excluding hydrogens is 345 g/mol. The molecule has 0 spiro atoms. The Bertz CT molecular complexity index is 903. The van der Waals surface area contributed by atoms with Gasteiger partial charge in [0.15, 0.2) is 0 Å². The van der Waals surface area contributed by atoms with Crippen LogP contribution in [-0.4, -0.2) is 24.8 Å². The van der Waals surface area contributed by atoms with Crippen molar-refractivity contribution in [1.82, 2.24) is 4.98 Å². The number of hydrazone groups is 1. The first-order chi connectivity index (χ1) is 12.3. The Balaban J connectivity index is 2.51. The third-order valence-electron chi connectivity index (χ3n) is 3.30. The number of benzene rings is 1. The number of nitrogens with zero attached hydrogens (tertiary/aromatic N) is 5. The van der Waals surface area contributed by atoms with Gasteiger partial charge in [0.05, 0.1) is 11.3 Å². The topological polar surface area (TPSA) is 88.1 Å². The average Bonchev–Trinajstić information content (AvgIpc) is 2.61. The van der Waals surface area contributed by atoms with Gasteiger partial charge in [-0.1, -0.05) is 12.1 Å². The highest BCUT2D eigenvalue weighted by Gasteiger charge is 2.32. The lowest BCUT2D eigenvalue weighted by Gasteiger charge is -2.18. The maximum absolute atomic E-state index is 13.0. The van der Waals surface area contributed by atoms with Crippen molar-refractivity contribution < 1.29 is 13.2 Å². The lowest BCUT2D eigenvalue weighted by atomic mass is 10.0. The largest absolute Gasteiger partial charge is 0.417 e. The standard InChI is InChI=1S/C17H13F3N6/c1-26(2)16-15(7-12(10-23-16)17(18,19)20)11-4-3-5-13(6-11)24-25-14(8-21)9-22/h3-7,10,24H,1-2H3. The smallest absolute Gasteiger partial charge is 0.362 e. The molecule has 0 amide bonds. The Morgan fingerprint density at radius 2 is 1.88 bits per heavy atom. The van der Waals surface area contributed by atoms with E-state index >= 15 is 0 Å². The molecule has 0 bridgehead atoms. The van der Waals surface area contributed by atoms with Crippen molar-refractivity contribution in [3.8, 4) is 23.3 Å². The van der Waals surface area contributed by atoms with E-state index in [9.17, 15) is 13.2 Å². The van der Waals surface area contributed by atoms with E-state index in [0.717, 1.165) is 12.3 Å². The van der Waals surface area contributed by atoms with Crippen molar-refractivity contribution in [1.29, 1.82) is 10.5 Å². The molecule has 0 saturated heterocycles. The van der Waals surface area contributed by atoms with Crippen LogP contribution in [0, 0.1) is 22.7 Å². The molecule has 9 heteroatoms. The molecule has 0 fully saturated rings. The number of halogens is 3. The Morgan fingerprint density at radius 1 is 1.19 bits per heavy atom. The zero-order chi connectivity index (χ0) is 19.3. The molecule has 132 valence electrons. The predicted octanol–water partition coefficient (Wildman–Crippen LogP) is 3.65. The van der Waals surface area contributed by atoms with Gasteiger partial charge in [0.25, 0.3) is 0 Å². The van der Waals surface area contributed by atoms with Crippen LogP contribution < -0.4 is 10.3 Å². The van der Waals surface area contributed by atoms with Gasteiger partial charge in [0, 0.05) is 25.9 Å². The van der Waals surface area contributed by atoms with Crippen LogP contribution in [-0.2, 0) is 6.18 Å². The lowest BCUT2D eigenvalue weighted by molar-refractivity contribution is -0.137. The molecule has 0 radical (unpaired) electrons. The van der Waals surface area contributed by atoms with Crippen LogP contribution in [0.4, 0.5) is 24.7 Å². The lowest BCUT2D eigenvalue weighted by Crippen LogP contribution is -2.14. The van der Waals surface area contributed by atoms with Gasteiger partial charge in [-0.25, -0.2) is 4.98 Å². The fourth-order valence-corrected chi connectivity index (χ4v) is 2.13. The zero-order valence-electron chi connectivity index (χ0n) is 13.8. The average molecular weight is 358 g/mol. The molecule has 2 aromatic rings. The fraction of sp³-hybridized carbons (Fsp3) is 0.176. The summed E-state index contributed by atoms with van der Waals surface area (Å²) in [5, 5.41) is 21.0. The van der Waals surface area contributed by atoms with Gasteiger partial charge < -0.3 is 4.90 Å². The van der Waals surface area contributed by atoms with Gasteiger partial charge in [-0.3, -0.25) is 5.43 Å². The first kappa shape index (κ1) is 18.7. The number of pyridine rings is 1. The Hall–Kier alpha value is -3.59. The zero-order valence-corrected chi connectivity index (χ0v) is 13.8. The molecule has 1 aromatic heterocycles.